The van der Waals surface area contributed by atoms with Crippen molar-refractivity contribution in [1.82, 2.24) is 4.57 Å². The molecule has 0 bridgehead atoms. The van der Waals surface area contributed by atoms with Crippen molar-refractivity contribution in [2.24, 2.45) is 0 Å². The zero-order valence-electron chi connectivity index (χ0n) is 26.7. The second-order valence-electron chi connectivity index (χ2n) is 13.6. The number of rotatable bonds is 2. The lowest BCUT2D eigenvalue weighted by Gasteiger charge is -2.21. The molecule has 10 rings (SSSR count). The van der Waals surface area contributed by atoms with E-state index in [1.54, 1.807) is 0 Å². The summed E-state index contributed by atoms with van der Waals surface area (Å²) in [5.74, 6) is 0. The quantitative estimate of drug-likeness (QED) is 0.200. The lowest BCUT2D eigenvalue weighted by molar-refractivity contribution is 0.661. The first-order valence-corrected chi connectivity index (χ1v) is 16.9. The summed E-state index contributed by atoms with van der Waals surface area (Å²) >= 11 is 6.74. The van der Waals surface area contributed by atoms with Gasteiger partial charge in [-0.2, -0.15) is 0 Å². The maximum absolute atomic E-state index is 6.74. The number of nitrogens with one attached hydrogen (secondary N) is 1. The predicted octanol–water partition coefficient (Wildman–Crippen LogP) is 12.8. The van der Waals surface area contributed by atoms with E-state index in [0.29, 0.717) is 0 Å². The summed E-state index contributed by atoms with van der Waals surface area (Å²) in [7, 11) is 0. The van der Waals surface area contributed by atoms with Gasteiger partial charge < -0.3 is 9.88 Å². The third-order valence-electron chi connectivity index (χ3n) is 10.6. The van der Waals surface area contributed by atoms with Crippen LogP contribution in [0, 0.1) is 0 Å². The zero-order valence-corrected chi connectivity index (χ0v) is 27.4. The van der Waals surface area contributed by atoms with Crippen molar-refractivity contribution in [3.8, 4) is 50.2 Å². The van der Waals surface area contributed by atoms with Gasteiger partial charge in [0.1, 0.15) is 0 Å². The van der Waals surface area contributed by atoms with Crippen molar-refractivity contribution in [2.75, 3.05) is 5.32 Å². The molecule has 1 aromatic heterocycles. The molecule has 0 spiro atoms. The summed E-state index contributed by atoms with van der Waals surface area (Å²) in [6, 6.07) is 53.0. The summed E-state index contributed by atoms with van der Waals surface area (Å²) in [4.78, 5) is 0. The average molecular weight is 635 g/mol. The molecule has 0 atom stereocenters. The summed E-state index contributed by atoms with van der Waals surface area (Å²) in [5, 5.41) is 6.92. The van der Waals surface area contributed by atoms with Crippen LogP contribution in [-0.4, -0.2) is 4.57 Å². The molecular formula is C45H31ClN2. The first kappa shape index (κ1) is 27.5. The summed E-state index contributed by atoms with van der Waals surface area (Å²) in [6.45, 7) is 4.71. The van der Waals surface area contributed by atoms with Crippen molar-refractivity contribution in [3.05, 3.63) is 162 Å². The average Bonchev–Trinajstić information content (AvgIpc) is 3.50. The van der Waals surface area contributed by atoms with E-state index >= 15 is 0 Å². The number of benzene rings is 7. The maximum Gasteiger partial charge on any atom is 0.0653 e. The fraction of sp³-hybridized carbons (Fsp3) is 0.0667. The van der Waals surface area contributed by atoms with E-state index in [2.05, 4.69) is 157 Å². The highest BCUT2D eigenvalue weighted by molar-refractivity contribution is 6.34. The van der Waals surface area contributed by atoms with Gasteiger partial charge in [-0.1, -0.05) is 116 Å². The number of hydrogen-bond acceptors (Lipinski definition) is 1. The molecular weight excluding hydrogens is 604 g/mol. The minimum atomic E-state index is -0.0701. The Morgan fingerprint density at radius 1 is 0.500 bits per heavy atom. The molecule has 0 fully saturated rings. The monoisotopic (exact) mass is 634 g/mol. The number of nitrogens with zero attached hydrogens (tertiary/aromatic N) is 1. The Hall–Kier alpha value is -5.57. The van der Waals surface area contributed by atoms with Crippen LogP contribution in [0.3, 0.4) is 0 Å². The molecule has 2 aliphatic rings. The molecule has 0 amide bonds. The fourth-order valence-electron chi connectivity index (χ4n) is 8.27. The van der Waals surface area contributed by atoms with Gasteiger partial charge in [-0.3, -0.25) is 0 Å². The molecule has 0 saturated heterocycles. The normalized spacial score (nSPS) is 13.6. The third-order valence-corrected chi connectivity index (χ3v) is 10.9. The molecule has 0 saturated carbocycles. The zero-order chi connectivity index (χ0) is 32.1. The Kier molecular flexibility index (Phi) is 5.72. The molecule has 8 aromatic rings. The standard InChI is InChI=1S/C45H31ClN2/c1-45(2)38-17-9-8-15-32(38)34-25-37-36-24-28(20-22-42(36)48(43(37)26-39(34)45)29-11-4-3-5-12-29)27-19-21-41-35(23-27)31-14-7-6-13-30(31)33-16-10-18-40(46)44(33)47-41/h3-26,47H,1-2H3. The number of fused-ring (bicyclic) bond motifs is 11. The molecule has 1 aliphatic carbocycles. The Morgan fingerprint density at radius 2 is 1.17 bits per heavy atom. The second kappa shape index (κ2) is 9.97. The minimum Gasteiger partial charge on any atom is -0.353 e. The predicted molar refractivity (Wildman–Crippen MR) is 203 cm³/mol. The summed E-state index contributed by atoms with van der Waals surface area (Å²) in [6.07, 6.45) is 0. The molecule has 2 heterocycles. The fourth-order valence-corrected chi connectivity index (χ4v) is 8.49. The van der Waals surface area contributed by atoms with Crippen molar-refractivity contribution in [3.63, 3.8) is 0 Å². The van der Waals surface area contributed by atoms with Crippen molar-refractivity contribution in [2.45, 2.75) is 19.3 Å². The number of hydrogen-bond donors (Lipinski definition) is 1. The van der Waals surface area contributed by atoms with Gasteiger partial charge in [0.05, 0.1) is 21.7 Å². The first-order chi connectivity index (χ1) is 23.5. The molecule has 3 heteroatoms. The van der Waals surface area contributed by atoms with Crippen molar-refractivity contribution >= 4 is 44.8 Å². The molecule has 7 aromatic carbocycles. The van der Waals surface area contributed by atoms with E-state index < -0.39 is 0 Å². The van der Waals surface area contributed by atoms with Crippen LogP contribution in [0.4, 0.5) is 11.4 Å². The first-order valence-electron chi connectivity index (χ1n) is 16.5. The Balaban J connectivity index is 1.21. The molecule has 228 valence electrons. The molecule has 0 radical (unpaired) electrons. The Morgan fingerprint density at radius 3 is 2.00 bits per heavy atom. The smallest absolute Gasteiger partial charge is 0.0653 e. The minimum absolute atomic E-state index is 0.0701. The Bertz CT molecular complexity index is 2630. The largest absolute Gasteiger partial charge is 0.353 e. The van der Waals surface area contributed by atoms with E-state index in [-0.39, 0.29) is 5.41 Å². The third kappa shape index (κ3) is 3.81. The van der Waals surface area contributed by atoms with Gasteiger partial charge in [0.15, 0.2) is 0 Å². The highest BCUT2D eigenvalue weighted by Crippen LogP contribution is 2.52. The number of anilines is 2. The van der Waals surface area contributed by atoms with E-state index in [0.717, 1.165) is 22.0 Å². The van der Waals surface area contributed by atoms with E-state index in [1.165, 1.54) is 77.6 Å². The van der Waals surface area contributed by atoms with E-state index in [1.807, 2.05) is 12.1 Å². The maximum atomic E-state index is 6.74. The lowest BCUT2D eigenvalue weighted by atomic mass is 9.82. The second-order valence-corrected chi connectivity index (χ2v) is 14.0. The van der Waals surface area contributed by atoms with Gasteiger partial charge in [0.2, 0.25) is 0 Å². The summed E-state index contributed by atoms with van der Waals surface area (Å²) < 4.78 is 2.44. The number of aromatic nitrogens is 1. The number of halogens is 1. The van der Waals surface area contributed by atoms with Crippen LogP contribution < -0.4 is 5.32 Å². The molecule has 1 N–H and O–H groups in total. The lowest BCUT2D eigenvalue weighted by Crippen LogP contribution is -2.14. The van der Waals surface area contributed by atoms with Gasteiger partial charge in [-0.25, -0.2) is 0 Å². The van der Waals surface area contributed by atoms with Crippen molar-refractivity contribution in [1.29, 1.82) is 0 Å². The van der Waals surface area contributed by atoms with Gasteiger partial charge in [0, 0.05) is 38.7 Å². The van der Waals surface area contributed by atoms with Crippen molar-refractivity contribution < 1.29 is 0 Å². The van der Waals surface area contributed by atoms with Crippen LogP contribution in [0.2, 0.25) is 5.02 Å². The van der Waals surface area contributed by atoms with Gasteiger partial charge in [-0.15, -0.1) is 0 Å². The highest BCUT2D eigenvalue weighted by atomic mass is 35.5. The molecule has 1 aliphatic heterocycles. The van der Waals surface area contributed by atoms with Gasteiger partial charge in [0.25, 0.3) is 0 Å². The molecule has 2 nitrogen and oxygen atoms in total. The molecule has 48 heavy (non-hydrogen) atoms. The highest BCUT2D eigenvalue weighted by Gasteiger charge is 2.36. The molecule has 0 unspecified atom stereocenters. The SMILES string of the molecule is CC1(C)c2ccccc2-c2cc3c4cc(-c5ccc6c(c5)-c5ccccc5-c5cccc(Cl)c5N6)ccc4n(-c4ccccc4)c3cc21. The Labute approximate surface area is 284 Å². The van der Waals surface area contributed by atoms with Gasteiger partial charge in [-0.05, 0) is 99.1 Å². The van der Waals surface area contributed by atoms with Gasteiger partial charge >= 0.3 is 0 Å². The van der Waals surface area contributed by atoms with Crippen LogP contribution in [-0.2, 0) is 5.41 Å². The van der Waals surface area contributed by atoms with Crippen LogP contribution >= 0.6 is 11.6 Å². The van der Waals surface area contributed by atoms with Crippen LogP contribution in [0.25, 0.3) is 72.0 Å². The topological polar surface area (TPSA) is 17.0 Å². The van der Waals surface area contributed by atoms with Crippen LogP contribution in [0.15, 0.2) is 146 Å². The van der Waals surface area contributed by atoms with E-state index in [9.17, 15) is 0 Å². The van der Waals surface area contributed by atoms with Crippen LogP contribution in [0.1, 0.15) is 25.0 Å². The van der Waals surface area contributed by atoms with Crippen LogP contribution in [0.5, 0.6) is 0 Å². The van der Waals surface area contributed by atoms with E-state index in [4.69, 9.17) is 11.6 Å². The summed E-state index contributed by atoms with van der Waals surface area (Å²) in [5.41, 5.74) is 18.0. The number of para-hydroxylation sites is 2.